The molecule has 0 bridgehead atoms. The number of rotatable bonds is 5. The van der Waals surface area contributed by atoms with Gasteiger partial charge in [-0.2, -0.15) is 0 Å². The van der Waals surface area contributed by atoms with Crippen molar-refractivity contribution < 1.29 is 29.6 Å². The van der Waals surface area contributed by atoms with Gasteiger partial charge in [0, 0.05) is 6.08 Å². The maximum absolute atomic E-state index is 11.7. The summed E-state index contributed by atoms with van der Waals surface area (Å²) in [7, 11) is 0. The highest BCUT2D eigenvalue weighted by atomic mass is 16.6. The first-order valence-electron chi connectivity index (χ1n) is 6.87. The number of aliphatic carboxylic acids is 1. The Hall–Kier alpha value is -3.54. The number of carboxylic acid groups (broad SMARTS) is 1. The second-order valence-electron chi connectivity index (χ2n) is 4.73. The molecule has 2 aromatic carbocycles. The van der Waals surface area contributed by atoms with E-state index < -0.39 is 17.7 Å². The van der Waals surface area contributed by atoms with Gasteiger partial charge in [-0.15, -0.1) is 0 Å². The highest BCUT2D eigenvalue weighted by molar-refractivity contribution is 5.96. The van der Waals surface area contributed by atoms with E-state index >= 15 is 0 Å². The summed E-state index contributed by atoms with van der Waals surface area (Å²) in [5.41, 5.74) is 1.02. The third-order valence-corrected chi connectivity index (χ3v) is 2.93. The van der Waals surface area contributed by atoms with E-state index in [9.17, 15) is 19.8 Å². The lowest BCUT2D eigenvalue weighted by molar-refractivity contribution is -0.144. The zero-order valence-corrected chi connectivity index (χ0v) is 12.4. The minimum atomic E-state index is -1.37. The van der Waals surface area contributed by atoms with Gasteiger partial charge in [0.15, 0.2) is 11.5 Å². The minimum absolute atomic E-state index is 0.284. The number of aromatic hydroxyl groups is 2. The molecule has 0 spiro atoms. The first-order valence-corrected chi connectivity index (χ1v) is 6.87. The Morgan fingerprint density at radius 2 is 1.62 bits per heavy atom. The SMILES string of the molecule is O=C(C=Cc1ccc(O)c(O)c1)OC(=Cc1ccccc1)C(=O)O. The van der Waals surface area contributed by atoms with E-state index in [2.05, 4.69) is 0 Å². The molecule has 0 fully saturated rings. The Labute approximate surface area is 137 Å². The second kappa shape index (κ2) is 7.64. The highest BCUT2D eigenvalue weighted by Gasteiger charge is 2.12. The molecule has 0 unspecified atom stereocenters. The maximum Gasteiger partial charge on any atom is 0.371 e. The van der Waals surface area contributed by atoms with E-state index in [4.69, 9.17) is 9.84 Å². The van der Waals surface area contributed by atoms with Gasteiger partial charge < -0.3 is 20.1 Å². The van der Waals surface area contributed by atoms with Crippen molar-refractivity contribution >= 4 is 24.1 Å². The zero-order valence-electron chi connectivity index (χ0n) is 12.4. The lowest BCUT2D eigenvalue weighted by Crippen LogP contribution is -2.09. The number of phenolic OH excluding ortho intramolecular Hbond substituents is 2. The van der Waals surface area contributed by atoms with Crippen LogP contribution < -0.4 is 0 Å². The molecule has 122 valence electrons. The fraction of sp³-hybridized carbons (Fsp3) is 0. The number of hydrogen-bond acceptors (Lipinski definition) is 5. The lowest BCUT2D eigenvalue weighted by atomic mass is 10.2. The Balaban J connectivity index is 2.11. The molecule has 0 aliphatic heterocycles. The lowest BCUT2D eigenvalue weighted by Gasteiger charge is -2.03. The van der Waals surface area contributed by atoms with Crippen LogP contribution in [0.2, 0.25) is 0 Å². The van der Waals surface area contributed by atoms with Gasteiger partial charge in [-0.05, 0) is 35.4 Å². The van der Waals surface area contributed by atoms with Crippen molar-refractivity contribution in [3.05, 3.63) is 71.5 Å². The molecule has 0 radical (unpaired) electrons. The third kappa shape index (κ3) is 4.74. The number of esters is 1. The van der Waals surface area contributed by atoms with Crippen LogP contribution in [0, 0.1) is 0 Å². The minimum Gasteiger partial charge on any atom is -0.504 e. The van der Waals surface area contributed by atoms with Crippen LogP contribution in [0.25, 0.3) is 12.2 Å². The summed E-state index contributed by atoms with van der Waals surface area (Å²) in [6.07, 6.45) is 3.58. The van der Waals surface area contributed by atoms with Crippen molar-refractivity contribution in [1.82, 2.24) is 0 Å². The van der Waals surface area contributed by atoms with Crippen molar-refractivity contribution in [3.63, 3.8) is 0 Å². The average molecular weight is 326 g/mol. The van der Waals surface area contributed by atoms with Gasteiger partial charge in [0.05, 0.1) is 0 Å². The van der Waals surface area contributed by atoms with Gasteiger partial charge in [-0.25, -0.2) is 9.59 Å². The largest absolute Gasteiger partial charge is 0.504 e. The van der Waals surface area contributed by atoms with Crippen LogP contribution in [0.1, 0.15) is 11.1 Å². The first kappa shape index (κ1) is 16.8. The summed E-state index contributed by atoms with van der Waals surface area (Å²) in [5, 5.41) is 27.7. The quantitative estimate of drug-likeness (QED) is 0.338. The summed E-state index contributed by atoms with van der Waals surface area (Å²) in [6, 6.07) is 12.6. The van der Waals surface area contributed by atoms with Crippen LogP contribution in [0.5, 0.6) is 11.5 Å². The summed E-state index contributed by atoms with van der Waals surface area (Å²) in [6.45, 7) is 0. The molecule has 24 heavy (non-hydrogen) atoms. The van der Waals surface area contributed by atoms with E-state index in [1.807, 2.05) is 0 Å². The number of carboxylic acids is 1. The van der Waals surface area contributed by atoms with Gasteiger partial charge in [0.1, 0.15) is 0 Å². The van der Waals surface area contributed by atoms with Crippen LogP contribution in [0.4, 0.5) is 0 Å². The molecule has 0 atom stereocenters. The van der Waals surface area contributed by atoms with Crippen molar-refractivity contribution in [3.8, 4) is 11.5 Å². The monoisotopic (exact) mass is 326 g/mol. The van der Waals surface area contributed by atoms with Gasteiger partial charge in [-0.1, -0.05) is 36.4 Å². The average Bonchev–Trinajstić information content (AvgIpc) is 2.56. The summed E-state index contributed by atoms with van der Waals surface area (Å²) >= 11 is 0. The number of ether oxygens (including phenoxy) is 1. The summed E-state index contributed by atoms with van der Waals surface area (Å²) in [5.74, 6) is -3.38. The van der Waals surface area contributed by atoms with Crippen molar-refractivity contribution in [2.75, 3.05) is 0 Å². The number of hydrogen-bond donors (Lipinski definition) is 3. The Kier molecular flexibility index (Phi) is 5.36. The molecule has 0 heterocycles. The van der Waals surface area contributed by atoms with Gasteiger partial charge in [-0.3, -0.25) is 0 Å². The molecule has 0 saturated heterocycles. The van der Waals surface area contributed by atoms with E-state index in [0.29, 0.717) is 11.1 Å². The topological polar surface area (TPSA) is 104 Å². The molecule has 0 aliphatic carbocycles. The molecule has 0 saturated carbocycles. The zero-order chi connectivity index (χ0) is 17.5. The predicted molar refractivity (Wildman–Crippen MR) is 87.0 cm³/mol. The predicted octanol–water partition coefficient (Wildman–Crippen LogP) is 2.78. The van der Waals surface area contributed by atoms with Crippen molar-refractivity contribution in [2.45, 2.75) is 0 Å². The number of carbonyl (C=O) groups is 2. The van der Waals surface area contributed by atoms with E-state index in [1.54, 1.807) is 30.3 Å². The van der Waals surface area contributed by atoms with E-state index in [1.165, 1.54) is 30.4 Å². The van der Waals surface area contributed by atoms with Crippen LogP contribution in [-0.2, 0) is 14.3 Å². The summed E-state index contributed by atoms with van der Waals surface area (Å²) in [4.78, 5) is 22.9. The number of phenols is 2. The molecule has 3 N–H and O–H groups in total. The van der Waals surface area contributed by atoms with Crippen LogP contribution >= 0.6 is 0 Å². The fourth-order valence-corrected chi connectivity index (χ4v) is 1.79. The number of carbonyl (C=O) groups excluding carboxylic acids is 1. The molecular weight excluding hydrogens is 312 g/mol. The molecule has 0 aliphatic rings. The number of benzene rings is 2. The van der Waals surface area contributed by atoms with Crippen LogP contribution in [0.3, 0.4) is 0 Å². The molecule has 0 aromatic heterocycles. The second-order valence-corrected chi connectivity index (χ2v) is 4.73. The Bertz CT molecular complexity index is 806. The van der Waals surface area contributed by atoms with E-state index in [-0.39, 0.29) is 11.5 Å². The van der Waals surface area contributed by atoms with E-state index in [0.717, 1.165) is 6.08 Å². The molecule has 6 heteroatoms. The van der Waals surface area contributed by atoms with Crippen molar-refractivity contribution in [2.24, 2.45) is 0 Å². The van der Waals surface area contributed by atoms with Crippen LogP contribution in [0.15, 0.2) is 60.4 Å². The maximum atomic E-state index is 11.7. The molecular formula is C18H14O6. The molecule has 2 rings (SSSR count). The normalized spacial score (nSPS) is 11.4. The summed E-state index contributed by atoms with van der Waals surface area (Å²) < 4.78 is 4.82. The van der Waals surface area contributed by atoms with Crippen LogP contribution in [-0.4, -0.2) is 27.3 Å². The molecule has 0 amide bonds. The Morgan fingerprint density at radius 1 is 0.917 bits per heavy atom. The Morgan fingerprint density at radius 3 is 2.25 bits per heavy atom. The third-order valence-electron chi connectivity index (χ3n) is 2.93. The van der Waals surface area contributed by atoms with Crippen molar-refractivity contribution in [1.29, 1.82) is 0 Å². The van der Waals surface area contributed by atoms with Gasteiger partial charge >= 0.3 is 11.9 Å². The fourth-order valence-electron chi connectivity index (χ4n) is 1.79. The highest BCUT2D eigenvalue weighted by Crippen LogP contribution is 2.25. The molecule has 2 aromatic rings. The van der Waals surface area contributed by atoms with Gasteiger partial charge in [0.25, 0.3) is 0 Å². The van der Waals surface area contributed by atoms with Gasteiger partial charge in [0.2, 0.25) is 5.76 Å². The first-order chi connectivity index (χ1) is 11.5. The standard InChI is InChI=1S/C18H14O6/c19-14-8-6-13(10-15(14)20)7-9-17(21)24-16(18(22)23)11-12-4-2-1-3-5-12/h1-11,19-20H,(H,22,23). The smallest absolute Gasteiger partial charge is 0.371 e. The molecule has 6 nitrogen and oxygen atoms in total.